The molecule has 0 saturated carbocycles. The molecule has 1 unspecified atom stereocenters. The summed E-state index contributed by atoms with van der Waals surface area (Å²) >= 11 is 0. The van der Waals surface area contributed by atoms with E-state index in [0.29, 0.717) is 12.5 Å². The van der Waals surface area contributed by atoms with Crippen molar-refractivity contribution in [2.24, 2.45) is 10.9 Å². The number of hydrogen-bond donors (Lipinski definition) is 2. The molecule has 0 aliphatic carbocycles. The average molecular weight is 273 g/mol. The lowest BCUT2D eigenvalue weighted by molar-refractivity contribution is 0.109. The number of aliphatic imine (C=N–C) groups is 1. The van der Waals surface area contributed by atoms with E-state index in [9.17, 15) is 0 Å². The van der Waals surface area contributed by atoms with Crippen molar-refractivity contribution in [1.29, 1.82) is 0 Å². The molecule has 0 bridgehead atoms. The van der Waals surface area contributed by atoms with Gasteiger partial charge < -0.3 is 20.1 Å². The van der Waals surface area contributed by atoms with Crippen molar-refractivity contribution in [2.45, 2.75) is 40.2 Å². The second-order valence-corrected chi connectivity index (χ2v) is 5.08. The van der Waals surface area contributed by atoms with Crippen LogP contribution in [0, 0.1) is 5.92 Å². The first-order valence-electron chi connectivity index (χ1n) is 7.21. The van der Waals surface area contributed by atoms with Crippen molar-refractivity contribution in [3.63, 3.8) is 0 Å². The van der Waals surface area contributed by atoms with E-state index in [2.05, 4.69) is 43.3 Å². The van der Waals surface area contributed by atoms with Crippen LogP contribution in [0.2, 0.25) is 0 Å². The van der Waals surface area contributed by atoms with E-state index in [1.165, 1.54) is 0 Å². The van der Waals surface area contributed by atoms with Crippen molar-refractivity contribution < 1.29 is 9.47 Å². The van der Waals surface area contributed by atoms with Crippen LogP contribution < -0.4 is 10.6 Å². The van der Waals surface area contributed by atoms with Crippen LogP contribution in [0.25, 0.3) is 0 Å². The number of methoxy groups -OCH3 is 1. The SMILES string of the molecule is CCNC(=NCCCOCC(C)C)NC(C)COC. The Bertz CT molecular complexity index is 233. The second-order valence-electron chi connectivity index (χ2n) is 5.08. The molecule has 114 valence electrons. The molecular formula is C14H31N3O2. The zero-order valence-corrected chi connectivity index (χ0v) is 13.2. The number of nitrogens with zero attached hydrogens (tertiary/aromatic N) is 1. The average Bonchev–Trinajstić information content (AvgIpc) is 2.33. The summed E-state index contributed by atoms with van der Waals surface area (Å²) in [5, 5.41) is 6.52. The standard InChI is InChI=1S/C14H31N3O2/c1-6-15-14(17-13(4)11-18-5)16-8-7-9-19-10-12(2)3/h12-13H,6-11H2,1-5H3,(H2,15,16,17). The Kier molecular flexibility index (Phi) is 11.7. The Morgan fingerprint density at radius 3 is 2.53 bits per heavy atom. The van der Waals surface area contributed by atoms with Crippen molar-refractivity contribution in [3.8, 4) is 0 Å². The molecule has 0 saturated heterocycles. The van der Waals surface area contributed by atoms with Crippen LogP contribution in [0.5, 0.6) is 0 Å². The van der Waals surface area contributed by atoms with E-state index >= 15 is 0 Å². The Hall–Kier alpha value is -0.810. The van der Waals surface area contributed by atoms with Gasteiger partial charge in [0.1, 0.15) is 0 Å². The van der Waals surface area contributed by atoms with E-state index in [1.54, 1.807) is 7.11 Å². The molecule has 0 heterocycles. The molecule has 19 heavy (non-hydrogen) atoms. The summed E-state index contributed by atoms with van der Waals surface area (Å²) in [6.45, 7) is 12.3. The van der Waals surface area contributed by atoms with Gasteiger partial charge in [-0.2, -0.15) is 0 Å². The Morgan fingerprint density at radius 2 is 1.95 bits per heavy atom. The van der Waals surface area contributed by atoms with E-state index in [4.69, 9.17) is 9.47 Å². The fourth-order valence-electron chi connectivity index (χ4n) is 1.52. The summed E-state index contributed by atoms with van der Waals surface area (Å²) in [6.07, 6.45) is 0.946. The molecule has 5 heteroatoms. The van der Waals surface area contributed by atoms with Crippen molar-refractivity contribution in [1.82, 2.24) is 10.6 Å². The lowest BCUT2D eigenvalue weighted by Gasteiger charge is -2.17. The normalized spacial score (nSPS) is 13.7. The Labute approximate surface area is 118 Å². The molecule has 0 radical (unpaired) electrons. The van der Waals surface area contributed by atoms with Gasteiger partial charge in [-0.3, -0.25) is 4.99 Å². The monoisotopic (exact) mass is 273 g/mol. The molecule has 0 amide bonds. The Balaban J connectivity index is 3.85. The van der Waals surface area contributed by atoms with Crippen LogP contribution in [-0.4, -0.2) is 52.0 Å². The van der Waals surface area contributed by atoms with E-state index in [-0.39, 0.29) is 6.04 Å². The highest BCUT2D eigenvalue weighted by atomic mass is 16.5. The Morgan fingerprint density at radius 1 is 1.21 bits per heavy atom. The molecule has 2 N–H and O–H groups in total. The third-order valence-corrected chi connectivity index (χ3v) is 2.31. The van der Waals surface area contributed by atoms with Crippen LogP contribution in [0.3, 0.4) is 0 Å². The summed E-state index contributed by atoms with van der Waals surface area (Å²) in [6, 6.07) is 0.250. The van der Waals surface area contributed by atoms with Crippen molar-refractivity contribution in [2.75, 3.05) is 40.0 Å². The first-order valence-corrected chi connectivity index (χ1v) is 7.21. The molecule has 0 aliphatic heterocycles. The number of ether oxygens (including phenoxy) is 2. The molecule has 0 aromatic heterocycles. The summed E-state index contributed by atoms with van der Waals surface area (Å²) in [4.78, 5) is 4.51. The maximum absolute atomic E-state index is 5.53. The highest BCUT2D eigenvalue weighted by molar-refractivity contribution is 5.80. The highest BCUT2D eigenvalue weighted by Crippen LogP contribution is 1.93. The van der Waals surface area contributed by atoms with E-state index in [1.807, 2.05) is 0 Å². The molecule has 1 atom stereocenters. The molecular weight excluding hydrogens is 242 g/mol. The van der Waals surface area contributed by atoms with Gasteiger partial charge in [0, 0.05) is 39.5 Å². The maximum Gasteiger partial charge on any atom is 0.191 e. The summed E-state index contributed by atoms with van der Waals surface area (Å²) in [5.41, 5.74) is 0. The predicted molar refractivity (Wildman–Crippen MR) is 80.7 cm³/mol. The van der Waals surface area contributed by atoms with Crippen LogP contribution >= 0.6 is 0 Å². The predicted octanol–water partition coefficient (Wildman–Crippen LogP) is 1.64. The van der Waals surface area contributed by atoms with Gasteiger partial charge in [0.2, 0.25) is 0 Å². The minimum atomic E-state index is 0.250. The molecule has 0 aromatic rings. The fourth-order valence-corrected chi connectivity index (χ4v) is 1.52. The van der Waals surface area contributed by atoms with Gasteiger partial charge in [-0.15, -0.1) is 0 Å². The van der Waals surface area contributed by atoms with Gasteiger partial charge in [0.05, 0.1) is 6.61 Å². The topological polar surface area (TPSA) is 54.9 Å². The largest absolute Gasteiger partial charge is 0.383 e. The number of hydrogen-bond acceptors (Lipinski definition) is 3. The van der Waals surface area contributed by atoms with E-state index < -0.39 is 0 Å². The van der Waals surface area contributed by atoms with Crippen LogP contribution in [0.1, 0.15) is 34.1 Å². The minimum Gasteiger partial charge on any atom is -0.383 e. The number of nitrogens with one attached hydrogen (secondary N) is 2. The second kappa shape index (κ2) is 12.2. The smallest absolute Gasteiger partial charge is 0.191 e. The van der Waals surface area contributed by atoms with Crippen molar-refractivity contribution >= 4 is 5.96 Å². The third-order valence-electron chi connectivity index (χ3n) is 2.31. The van der Waals surface area contributed by atoms with Gasteiger partial charge >= 0.3 is 0 Å². The number of guanidine groups is 1. The van der Waals surface area contributed by atoms with Crippen LogP contribution in [-0.2, 0) is 9.47 Å². The lowest BCUT2D eigenvalue weighted by atomic mass is 10.2. The van der Waals surface area contributed by atoms with Gasteiger partial charge in [-0.1, -0.05) is 13.8 Å². The van der Waals surface area contributed by atoms with Gasteiger partial charge in [-0.05, 0) is 26.2 Å². The summed E-state index contributed by atoms with van der Waals surface area (Å²) in [7, 11) is 1.70. The first kappa shape index (κ1) is 18.2. The zero-order chi connectivity index (χ0) is 14.5. The van der Waals surface area contributed by atoms with Gasteiger partial charge in [-0.25, -0.2) is 0 Å². The lowest BCUT2D eigenvalue weighted by Crippen LogP contribution is -2.44. The third kappa shape index (κ3) is 12.0. The summed E-state index contributed by atoms with van der Waals surface area (Å²) < 4.78 is 10.6. The van der Waals surface area contributed by atoms with Gasteiger partial charge in [0.15, 0.2) is 5.96 Å². The summed E-state index contributed by atoms with van der Waals surface area (Å²) in [5.74, 6) is 1.44. The van der Waals surface area contributed by atoms with Crippen molar-refractivity contribution in [3.05, 3.63) is 0 Å². The van der Waals surface area contributed by atoms with Crippen LogP contribution in [0.15, 0.2) is 4.99 Å². The molecule has 5 nitrogen and oxygen atoms in total. The highest BCUT2D eigenvalue weighted by Gasteiger charge is 2.03. The quantitative estimate of drug-likeness (QED) is 0.361. The zero-order valence-electron chi connectivity index (χ0n) is 13.2. The molecule has 0 rings (SSSR count). The molecule has 0 fully saturated rings. The first-order chi connectivity index (χ1) is 9.10. The minimum absolute atomic E-state index is 0.250. The fraction of sp³-hybridized carbons (Fsp3) is 0.929. The molecule has 0 aliphatic rings. The molecule has 0 spiro atoms. The van der Waals surface area contributed by atoms with E-state index in [0.717, 1.165) is 38.7 Å². The van der Waals surface area contributed by atoms with Gasteiger partial charge in [0.25, 0.3) is 0 Å². The molecule has 0 aromatic carbocycles. The maximum atomic E-state index is 5.53. The van der Waals surface area contributed by atoms with Crippen LogP contribution in [0.4, 0.5) is 0 Å². The number of rotatable bonds is 10.